The molecule has 1 fully saturated rings. The van der Waals surface area contributed by atoms with E-state index in [1.165, 1.54) is 0 Å². The number of rotatable bonds is 4. The quantitative estimate of drug-likeness (QED) is 0.887. The van der Waals surface area contributed by atoms with Crippen molar-refractivity contribution in [1.29, 1.82) is 0 Å². The van der Waals surface area contributed by atoms with Gasteiger partial charge in [-0.1, -0.05) is 0 Å². The topological polar surface area (TPSA) is 73.4 Å². The van der Waals surface area contributed by atoms with Gasteiger partial charge in [0.15, 0.2) is 0 Å². The standard InChI is InChI=1S/C14H24N4O2/c1-9(2)18-8-12(10(3)16-18)7-17-5-6-20-11(4)13(17)14(15)19/h8-9,11,13H,5-7H2,1-4H3,(H2,15,19)/t11-,13+/m1/s1. The van der Waals surface area contributed by atoms with Crippen LogP contribution in [-0.2, 0) is 16.1 Å². The van der Waals surface area contributed by atoms with Gasteiger partial charge in [-0.2, -0.15) is 5.10 Å². The molecule has 1 saturated heterocycles. The molecular weight excluding hydrogens is 256 g/mol. The van der Waals surface area contributed by atoms with E-state index in [2.05, 4.69) is 30.0 Å². The van der Waals surface area contributed by atoms with E-state index in [4.69, 9.17) is 10.5 Å². The molecule has 6 heteroatoms. The number of morpholine rings is 1. The van der Waals surface area contributed by atoms with Crippen molar-refractivity contribution in [3.63, 3.8) is 0 Å². The first-order valence-electron chi connectivity index (χ1n) is 7.09. The minimum atomic E-state index is -0.370. The highest BCUT2D eigenvalue weighted by molar-refractivity contribution is 5.80. The van der Waals surface area contributed by atoms with E-state index >= 15 is 0 Å². The molecule has 0 aliphatic carbocycles. The summed E-state index contributed by atoms with van der Waals surface area (Å²) in [7, 11) is 0. The SMILES string of the molecule is Cc1nn(C(C)C)cc1CN1CCO[C@H](C)[C@H]1C(N)=O. The maximum absolute atomic E-state index is 11.6. The summed E-state index contributed by atoms with van der Waals surface area (Å²) in [6, 6.07) is -0.0384. The molecule has 0 aromatic carbocycles. The predicted molar refractivity (Wildman–Crippen MR) is 76.2 cm³/mol. The zero-order valence-corrected chi connectivity index (χ0v) is 12.7. The predicted octanol–water partition coefficient (Wildman–Crippen LogP) is 0.847. The molecule has 1 aromatic rings. The lowest BCUT2D eigenvalue weighted by molar-refractivity contribution is -0.136. The molecule has 2 N–H and O–H groups in total. The fourth-order valence-electron chi connectivity index (χ4n) is 2.63. The first-order valence-corrected chi connectivity index (χ1v) is 7.09. The summed E-state index contributed by atoms with van der Waals surface area (Å²) in [5.41, 5.74) is 7.65. The zero-order chi connectivity index (χ0) is 14.9. The van der Waals surface area contributed by atoms with Gasteiger partial charge in [0, 0.05) is 30.9 Å². The number of primary amides is 1. The molecule has 2 heterocycles. The summed E-state index contributed by atoms with van der Waals surface area (Å²) in [6.45, 7) is 10.1. The van der Waals surface area contributed by atoms with E-state index in [0.717, 1.165) is 11.3 Å². The van der Waals surface area contributed by atoms with Crippen molar-refractivity contribution in [2.45, 2.75) is 52.4 Å². The summed E-state index contributed by atoms with van der Waals surface area (Å²) in [5, 5.41) is 4.51. The molecule has 1 amide bonds. The maximum Gasteiger partial charge on any atom is 0.237 e. The number of nitrogens with two attached hydrogens (primary N) is 1. The summed E-state index contributed by atoms with van der Waals surface area (Å²) in [6.07, 6.45) is 1.89. The molecule has 1 aliphatic rings. The number of aryl methyl sites for hydroxylation is 1. The van der Waals surface area contributed by atoms with Gasteiger partial charge < -0.3 is 10.5 Å². The molecule has 2 rings (SSSR count). The molecule has 20 heavy (non-hydrogen) atoms. The average Bonchev–Trinajstić information content (AvgIpc) is 2.71. The lowest BCUT2D eigenvalue weighted by Crippen LogP contribution is -2.56. The van der Waals surface area contributed by atoms with Gasteiger partial charge in [0.2, 0.25) is 5.91 Å². The molecule has 0 spiro atoms. The Morgan fingerprint density at radius 3 is 2.85 bits per heavy atom. The molecule has 1 aromatic heterocycles. The van der Waals surface area contributed by atoms with Crippen LogP contribution in [0.1, 0.15) is 38.1 Å². The van der Waals surface area contributed by atoms with Crippen LogP contribution >= 0.6 is 0 Å². The highest BCUT2D eigenvalue weighted by atomic mass is 16.5. The number of amides is 1. The Labute approximate surface area is 119 Å². The highest BCUT2D eigenvalue weighted by Crippen LogP contribution is 2.19. The Morgan fingerprint density at radius 1 is 1.60 bits per heavy atom. The molecule has 6 nitrogen and oxygen atoms in total. The lowest BCUT2D eigenvalue weighted by atomic mass is 10.1. The second-order valence-electron chi connectivity index (χ2n) is 5.71. The number of hydrogen-bond acceptors (Lipinski definition) is 4. The lowest BCUT2D eigenvalue weighted by Gasteiger charge is -2.37. The van der Waals surface area contributed by atoms with Gasteiger partial charge >= 0.3 is 0 Å². The van der Waals surface area contributed by atoms with Crippen LogP contribution < -0.4 is 5.73 Å². The third-order valence-corrected chi connectivity index (χ3v) is 3.81. The van der Waals surface area contributed by atoms with Crippen molar-refractivity contribution in [3.8, 4) is 0 Å². The molecule has 112 valence electrons. The third kappa shape index (κ3) is 3.02. The number of carbonyl (C=O) groups is 1. The minimum Gasteiger partial charge on any atom is -0.375 e. The van der Waals surface area contributed by atoms with Crippen molar-refractivity contribution in [2.24, 2.45) is 5.73 Å². The van der Waals surface area contributed by atoms with Crippen molar-refractivity contribution in [3.05, 3.63) is 17.5 Å². The van der Waals surface area contributed by atoms with Crippen LogP contribution in [0.15, 0.2) is 6.20 Å². The summed E-state index contributed by atoms with van der Waals surface area (Å²) < 4.78 is 7.48. The van der Waals surface area contributed by atoms with Crippen LogP contribution in [0, 0.1) is 6.92 Å². The van der Waals surface area contributed by atoms with Crippen molar-refractivity contribution < 1.29 is 9.53 Å². The van der Waals surface area contributed by atoms with E-state index in [1.807, 2.05) is 18.5 Å². The number of aromatic nitrogens is 2. The minimum absolute atomic E-state index is 0.165. The van der Waals surface area contributed by atoms with Gasteiger partial charge in [-0.15, -0.1) is 0 Å². The van der Waals surface area contributed by atoms with Crippen LogP contribution in [0.2, 0.25) is 0 Å². The smallest absolute Gasteiger partial charge is 0.237 e. The van der Waals surface area contributed by atoms with Gasteiger partial charge in [-0.3, -0.25) is 14.4 Å². The van der Waals surface area contributed by atoms with Gasteiger partial charge in [0.1, 0.15) is 6.04 Å². The van der Waals surface area contributed by atoms with Crippen molar-refractivity contribution in [1.82, 2.24) is 14.7 Å². The Bertz CT molecular complexity index is 484. The van der Waals surface area contributed by atoms with Gasteiger partial charge in [0.25, 0.3) is 0 Å². The molecule has 2 atom stereocenters. The largest absolute Gasteiger partial charge is 0.375 e. The average molecular weight is 280 g/mol. The molecule has 0 unspecified atom stereocenters. The van der Waals surface area contributed by atoms with E-state index in [-0.39, 0.29) is 18.1 Å². The van der Waals surface area contributed by atoms with Crippen molar-refractivity contribution in [2.75, 3.05) is 13.2 Å². The number of hydrogen-bond donors (Lipinski definition) is 1. The van der Waals surface area contributed by atoms with Crippen LogP contribution in [0.3, 0.4) is 0 Å². The fourth-order valence-corrected chi connectivity index (χ4v) is 2.63. The summed E-state index contributed by atoms with van der Waals surface area (Å²) in [4.78, 5) is 13.7. The number of carbonyl (C=O) groups excluding carboxylic acids is 1. The maximum atomic E-state index is 11.6. The van der Waals surface area contributed by atoms with Gasteiger partial charge in [-0.05, 0) is 27.7 Å². The van der Waals surface area contributed by atoms with Crippen LogP contribution in [-0.4, -0.2) is 45.9 Å². The molecule has 0 radical (unpaired) electrons. The second-order valence-corrected chi connectivity index (χ2v) is 5.71. The monoisotopic (exact) mass is 280 g/mol. The van der Waals surface area contributed by atoms with Crippen LogP contribution in [0.25, 0.3) is 0 Å². The van der Waals surface area contributed by atoms with Gasteiger partial charge in [0.05, 0.1) is 18.4 Å². The molecule has 0 bridgehead atoms. The zero-order valence-electron chi connectivity index (χ0n) is 12.7. The Kier molecular flexibility index (Phi) is 4.45. The molecule has 0 saturated carbocycles. The number of nitrogens with zero attached hydrogens (tertiary/aromatic N) is 3. The van der Waals surface area contributed by atoms with Gasteiger partial charge in [-0.25, -0.2) is 0 Å². The highest BCUT2D eigenvalue weighted by Gasteiger charge is 2.34. The first kappa shape index (κ1) is 15.0. The van der Waals surface area contributed by atoms with Crippen molar-refractivity contribution >= 4 is 5.91 Å². The Balaban J connectivity index is 2.17. The second kappa shape index (κ2) is 5.93. The fraction of sp³-hybridized carbons (Fsp3) is 0.714. The first-order chi connectivity index (χ1) is 9.40. The normalized spacial score (nSPS) is 24.2. The van der Waals surface area contributed by atoms with Crippen LogP contribution in [0.5, 0.6) is 0 Å². The van der Waals surface area contributed by atoms with E-state index in [9.17, 15) is 4.79 Å². The third-order valence-electron chi connectivity index (χ3n) is 3.81. The number of ether oxygens (including phenoxy) is 1. The molecular formula is C14H24N4O2. The molecule has 1 aliphatic heterocycles. The Morgan fingerprint density at radius 2 is 2.30 bits per heavy atom. The van der Waals surface area contributed by atoms with E-state index in [0.29, 0.717) is 25.7 Å². The van der Waals surface area contributed by atoms with E-state index < -0.39 is 0 Å². The van der Waals surface area contributed by atoms with Crippen LogP contribution in [0.4, 0.5) is 0 Å². The summed E-state index contributed by atoms with van der Waals surface area (Å²) >= 11 is 0. The summed E-state index contributed by atoms with van der Waals surface area (Å²) in [5.74, 6) is -0.328. The Hall–Kier alpha value is -1.40. The van der Waals surface area contributed by atoms with E-state index in [1.54, 1.807) is 0 Å².